The Morgan fingerprint density at radius 3 is 2.47 bits per heavy atom. The summed E-state index contributed by atoms with van der Waals surface area (Å²) in [6, 6.07) is 13.1. The van der Waals surface area contributed by atoms with Crippen LogP contribution < -0.4 is 4.74 Å². The number of benzene rings is 2. The van der Waals surface area contributed by atoms with Gasteiger partial charge in [-0.2, -0.15) is 0 Å². The molecule has 0 spiro atoms. The van der Waals surface area contributed by atoms with E-state index in [0.29, 0.717) is 10.8 Å². The van der Waals surface area contributed by atoms with Gasteiger partial charge in [0.05, 0.1) is 12.1 Å². The van der Waals surface area contributed by atoms with Gasteiger partial charge in [0.15, 0.2) is 0 Å². The summed E-state index contributed by atoms with van der Waals surface area (Å²) in [5.41, 5.74) is 1.59. The number of halogens is 1. The molecule has 2 rings (SSSR count). The zero-order chi connectivity index (χ0) is 14.0. The summed E-state index contributed by atoms with van der Waals surface area (Å²) in [5.74, 6) is 0.563. The lowest BCUT2D eigenvalue weighted by Gasteiger charge is -2.26. The lowest BCUT2D eigenvalue weighted by molar-refractivity contribution is 0.101. The molecule has 0 amide bonds. The van der Waals surface area contributed by atoms with E-state index in [2.05, 4.69) is 0 Å². The van der Waals surface area contributed by atoms with E-state index in [-0.39, 0.29) is 0 Å². The second kappa shape index (κ2) is 5.24. The van der Waals surface area contributed by atoms with Crippen molar-refractivity contribution >= 4 is 11.6 Å². The lowest BCUT2D eigenvalue weighted by atomic mass is 9.85. The van der Waals surface area contributed by atoms with Gasteiger partial charge in [-0.3, -0.25) is 0 Å². The van der Waals surface area contributed by atoms with Crippen molar-refractivity contribution in [3.05, 3.63) is 64.2 Å². The summed E-state index contributed by atoms with van der Waals surface area (Å²) in [4.78, 5) is 0. The first-order valence-electron chi connectivity index (χ1n) is 6.09. The van der Waals surface area contributed by atoms with Crippen molar-refractivity contribution in [2.24, 2.45) is 0 Å². The van der Waals surface area contributed by atoms with Crippen molar-refractivity contribution in [1.29, 1.82) is 0 Å². The average molecular weight is 277 g/mol. The Morgan fingerprint density at radius 1 is 1.16 bits per heavy atom. The fourth-order valence-corrected chi connectivity index (χ4v) is 2.43. The molecule has 3 heteroatoms. The molecule has 2 aromatic carbocycles. The summed E-state index contributed by atoms with van der Waals surface area (Å²) in [5, 5.41) is 11.4. The second-order valence-electron chi connectivity index (χ2n) is 4.74. The number of aliphatic hydroxyl groups is 1. The van der Waals surface area contributed by atoms with E-state index in [9.17, 15) is 5.11 Å². The van der Waals surface area contributed by atoms with E-state index >= 15 is 0 Å². The highest BCUT2D eigenvalue weighted by Gasteiger charge is 2.27. The minimum absolute atomic E-state index is 0.534. The Labute approximate surface area is 118 Å². The Morgan fingerprint density at radius 2 is 1.84 bits per heavy atom. The van der Waals surface area contributed by atoms with Gasteiger partial charge in [0.25, 0.3) is 0 Å². The molecule has 0 heterocycles. The number of hydrogen-bond donors (Lipinski definition) is 1. The molecule has 0 aliphatic rings. The van der Waals surface area contributed by atoms with Gasteiger partial charge in [-0.25, -0.2) is 0 Å². The topological polar surface area (TPSA) is 29.5 Å². The molecule has 0 radical (unpaired) electrons. The number of rotatable bonds is 3. The molecule has 100 valence electrons. The van der Waals surface area contributed by atoms with Crippen molar-refractivity contribution in [2.75, 3.05) is 7.11 Å². The minimum Gasteiger partial charge on any atom is -0.495 e. The predicted octanol–water partition coefficient (Wildman–Crippen LogP) is 3.91. The standard InChI is InChI=1S/C16H17ClO2/c1-11-6-4-5-7-13(11)16(2,18)12-8-9-14(17)15(10-12)19-3/h4-10,18H,1-3H3. The van der Waals surface area contributed by atoms with Gasteiger partial charge in [-0.1, -0.05) is 41.9 Å². The molecule has 0 fully saturated rings. The van der Waals surface area contributed by atoms with Gasteiger partial charge in [-0.05, 0) is 42.7 Å². The van der Waals surface area contributed by atoms with Gasteiger partial charge < -0.3 is 9.84 Å². The monoisotopic (exact) mass is 276 g/mol. The molecule has 2 aromatic rings. The van der Waals surface area contributed by atoms with Crippen LogP contribution in [0.5, 0.6) is 5.75 Å². The summed E-state index contributed by atoms with van der Waals surface area (Å²) < 4.78 is 5.20. The number of ether oxygens (including phenoxy) is 1. The van der Waals surface area contributed by atoms with E-state index in [1.54, 1.807) is 26.2 Å². The first-order valence-corrected chi connectivity index (χ1v) is 6.47. The highest BCUT2D eigenvalue weighted by molar-refractivity contribution is 6.32. The van der Waals surface area contributed by atoms with Crippen LogP contribution in [0.1, 0.15) is 23.6 Å². The third kappa shape index (κ3) is 2.60. The quantitative estimate of drug-likeness (QED) is 0.921. The molecule has 1 N–H and O–H groups in total. The third-order valence-corrected chi connectivity index (χ3v) is 3.70. The maximum Gasteiger partial charge on any atom is 0.137 e. The van der Waals surface area contributed by atoms with Crippen LogP contribution in [0.4, 0.5) is 0 Å². The number of aryl methyl sites for hydroxylation is 1. The van der Waals surface area contributed by atoms with Crippen LogP contribution >= 0.6 is 11.6 Å². The molecule has 19 heavy (non-hydrogen) atoms. The Kier molecular flexibility index (Phi) is 3.83. The van der Waals surface area contributed by atoms with Crippen LogP contribution in [0.3, 0.4) is 0 Å². The minimum atomic E-state index is -1.08. The Bertz CT molecular complexity index is 591. The molecular formula is C16H17ClO2. The Balaban J connectivity index is 2.53. The fourth-order valence-electron chi connectivity index (χ4n) is 2.24. The molecule has 0 aliphatic heterocycles. The van der Waals surface area contributed by atoms with Gasteiger partial charge in [0.2, 0.25) is 0 Å². The van der Waals surface area contributed by atoms with Crippen molar-refractivity contribution < 1.29 is 9.84 Å². The van der Waals surface area contributed by atoms with Gasteiger partial charge in [0.1, 0.15) is 11.4 Å². The number of methoxy groups -OCH3 is 1. The molecular weight excluding hydrogens is 260 g/mol. The second-order valence-corrected chi connectivity index (χ2v) is 5.14. The largest absolute Gasteiger partial charge is 0.495 e. The van der Waals surface area contributed by atoms with Crippen molar-refractivity contribution in [2.45, 2.75) is 19.4 Å². The lowest BCUT2D eigenvalue weighted by Crippen LogP contribution is -2.23. The zero-order valence-electron chi connectivity index (χ0n) is 11.3. The zero-order valence-corrected chi connectivity index (χ0v) is 12.0. The van der Waals surface area contributed by atoms with Crippen LogP contribution in [0.15, 0.2) is 42.5 Å². The van der Waals surface area contributed by atoms with Crippen LogP contribution in [0.2, 0.25) is 5.02 Å². The molecule has 0 bridgehead atoms. The van der Waals surface area contributed by atoms with Crippen LogP contribution in [0.25, 0.3) is 0 Å². The van der Waals surface area contributed by atoms with E-state index in [1.807, 2.05) is 37.3 Å². The predicted molar refractivity (Wildman–Crippen MR) is 77.9 cm³/mol. The highest BCUT2D eigenvalue weighted by Crippen LogP contribution is 2.35. The molecule has 1 atom stereocenters. The first-order chi connectivity index (χ1) is 8.96. The van der Waals surface area contributed by atoms with E-state index < -0.39 is 5.60 Å². The van der Waals surface area contributed by atoms with Crippen LogP contribution in [-0.2, 0) is 5.60 Å². The third-order valence-electron chi connectivity index (χ3n) is 3.38. The van der Waals surface area contributed by atoms with Gasteiger partial charge >= 0.3 is 0 Å². The van der Waals surface area contributed by atoms with Crippen molar-refractivity contribution in [3.8, 4) is 5.75 Å². The SMILES string of the molecule is COc1cc(C(C)(O)c2ccccc2C)ccc1Cl. The van der Waals surface area contributed by atoms with E-state index in [1.165, 1.54) is 0 Å². The molecule has 0 saturated carbocycles. The summed E-state index contributed by atoms with van der Waals surface area (Å²) >= 11 is 6.02. The van der Waals surface area contributed by atoms with E-state index in [4.69, 9.17) is 16.3 Å². The fraction of sp³-hybridized carbons (Fsp3) is 0.250. The summed E-state index contributed by atoms with van der Waals surface area (Å²) in [6.07, 6.45) is 0. The molecule has 1 unspecified atom stereocenters. The molecule has 0 saturated heterocycles. The Hall–Kier alpha value is -1.51. The van der Waals surface area contributed by atoms with Crippen molar-refractivity contribution in [3.63, 3.8) is 0 Å². The van der Waals surface area contributed by atoms with E-state index in [0.717, 1.165) is 16.7 Å². The van der Waals surface area contributed by atoms with Crippen LogP contribution in [-0.4, -0.2) is 12.2 Å². The average Bonchev–Trinajstić information content (AvgIpc) is 2.39. The highest BCUT2D eigenvalue weighted by atomic mass is 35.5. The normalized spacial score (nSPS) is 13.9. The first kappa shape index (κ1) is 13.9. The summed E-state index contributed by atoms with van der Waals surface area (Å²) in [7, 11) is 1.56. The van der Waals surface area contributed by atoms with Crippen molar-refractivity contribution in [1.82, 2.24) is 0 Å². The number of hydrogen-bond acceptors (Lipinski definition) is 2. The van der Waals surface area contributed by atoms with Crippen LogP contribution in [0, 0.1) is 6.92 Å². The van der Waals surface area contributed by atoms with Gasteiger partial charge in [-0.15, -0.1) is 0 Å². The summed E-state index contributed by atoms with van der Waals surface area (Å²) in [6.45, 7) is 3.76. The maximum atomic E-state index is 10.9. The van der Waals surface area contributed by atoms with Gasteiger partial charge in [0, 0.05) is 0 Å². The molecule has 0 aliphatic carbocycles. The molecule has 2 nitrogen and oxygen atoms in total. The maximum absolute atomic E-state index is 10.9. The smallest absolute Gasteiger partial charge is 0.137 e. The molecule has 0 aromatic heterocycles.